The van der Waals surface area contributed by atoms with Gasteiger partial charge in [0.15, 0.2) is 0 Å². The van der Waals surface area contributed by atoms with Gasteiger partial charge in [-0.25, -0.2) is 0 Å². The third-order valence-corrected chi connectivity index (χ3v) is 3.70. The Morgan fingerprint density at radius 1 is 1.27 bits per heavy atom. The first kappa shape index (κ1) is 16.2. The normalized spacial score (nSPS) is 10.7. The molecule has 1 amide bonds. The van der Waals surface area contributed by atoms with Crippen LogP contribution in [0.1, 0.15) is 40.7 Å². The number of benzene rings is 1. The number of nitrogens with two attached hydrogens (primary N) is 1. The molecule has 0 unspecified atom stereocenters. The topological polar surface area (TPSA) is 72.9 Å². The summed E-state index contributed by atoms with van der Waals surface area (Å²) in [5, 5.41) is 7.45. The van der Waals surface area contributed by atoms with Gasteiger partial charge in [0.2, 0.25) is 0 Å². The molecule has 0 spiro atoms. The van der Waals surface area contributed by atoms with E-state index < -0.39 is 0 Å². The quantitative estimate of drug-likeness (QED) is 0.861. The molecule has 0 atom stereocenters. The van der Waals surface area contributed by atoms with Crippen LogP contribution in [0.15, 0.2) is 24.3 Å². The molecule has 0 saturated heterocycles. The second kappa shape index (κ2) is 7.22. The molecule has 22 heavy (non-hydrogen) atoms. The van der Waals surface area contributed by atoms with Gasteiger partial charge >= 0.3 is 0 Å². The molecule has 118 valence electrons. The maximum Gasteiger partial charge on any atom is 0.255 e. The first-order valence-corrected chi connectivity index (χ1v) is 7.71. The van der Waals surface area contributed by atoms with Crippen LogP contribution in [0, 0.1) is 13.8 Å². The zero-order valence-electron chi connectivity index (χ0n) is 13.5. The van der Waals surface area contributed by atoms with Crippen molar-refractivity contribution in [1.82, 2.24) is 9.78 Å². The Kier molecular flexibility index (Phi) is 5.33. The minimum Gasteiger partial charge on any atom is -0.330 e. The van der Waals surface area contributed by atoms with Gasteiger partial charge in [0.05, 0.1) is 17.1 Å². The van der Waals surface area contributed by atoms with Crippen molar-refractivity contribution in [3.8, 4) is 0 Å². The molecule has 0 radical (unpaired) electrons. The average molecular weight is 300 g/mol. The number of rotatable bonds is 6. The summed E-state index contributed by atoms with van der Waals surface area (Å²) in [5.74, 6) is -0.110. The predicted molar refractivity (Wildman–Crippen MR) is 89.1 cm³/mol. The van der Waals surface area contributed by atoms with Gasteiger partial charge in [-0.15, -0.1) is 0 Å². The number of carbonyl (C=O) groups excluding carboxylic acids is 1. The van der Waals surface area contributed by atoms with Gasteiger partial charge in [0.25, 0.3) is 5.91 Å². The third kappa shape index (κ3) is 3.54. The summed E-state index contributed by atoms with van der Waals surface area (Å²) in [5.41, 5.74) is 9.96. The summed E-state index contributed by atoms with van der Waals surface area (Å²) >= 11 is 0. The molecule has 0 saturated carbocycles. The van der Waals surface area contributed by atoms with Gasteiger partial charge in [0, 0.05) is 12.1 Å². The van der Waals surface area contributed by atoms with E-state index in [0.29, 0.717) is 12.1 Å². The molecule has 0 aliphatic carbocycles. The standard InChI is InChI=1S/C17H24N4O/c1-4-11-21-13(3)16(12(2)20-21)19-17(22)15-7-5-14(6-8-15)9-10-18/h5-8H,4,9-11,18H2,1-3H3,(H,19,22). The number of anilines is 1. The van der Waals surface area contributed by atoms with Gasteiger partial charge in [0.1, 0.15) is 0 Å². The fourth-order valence-electron chi connectivity index (χ4n) is 2.48. The van der Waals surface area contributed by atoms with Crippen LogP contribution in [0.25, 0.3) is 0 Å². The molecule has 3 N–H and O–H groups in total. The van der Waals surface area contributed by atoms with Crippen molar-refractivity contribution in [2.45, 2.75) is 40.2 Å². The minimum atomic E-state index is -0.110. The Balaban J connectivity index is 2.14. The van der Waals surface area contributed by atoms with Gasteiger partial charge < -0.3 is 11.1 Å². The van der Waals surface area contributed by atoms with Crippen LogP contribution in [0.4, 0.5) is 5.69 Å². The average Bonchev–Trinajstić information content (AvgIpc) is 2.76. The van der Waals surface area contributed by atoms with Crippen LogP contribution in [-0.4, -0.2) is 22.2 Å². The van der Waals surface area contributed by atoms with Crippen LogP contribution in [0.5, 0.6) is 0 Å². The Bertz CT molecular complexity index is 643. The van der Waals surface area contributed by atoms with E-state index in [-0.39, 0.29) is 5.91 Å². The second-order valence-corrected chi connectivity index (χ2v) is 5.46. The Hall–Kier alpha value is -2.14. The molecule has 5 nitrogen and oxygen atoms in total. The zero-order valence-corrected chi connectivity index (χ0v) is 13.5. The summed E-state index contributed by atoms with van der Waals surface area (Å²) in [4.78, 5) is 12.4. The van der Waals surface area contributed by atoms with E-state index in [1.807, 2.05) is 42.8 Å². The molecule has 2 aromatic rings. The summed E-state index contributed by atoms with van der Waals surface area (Å²) < 4.78 is 1.94. The van der Waals surface area contributed by atoms with Crippen molar-refractivity contribution < 1.29 is 4.79 Å². The third-order valence-electron chi connectivity index (χ3n) is 3.70. The lowest BCUT2D eigenvalue weighted by molar-refractivity contribution is 0.102. The summed E-state index contributed by atoms with van der Waals surface area (Å²) in [7, 11) is 0. The number of carbonyl (C=O) groups is 1. The highest BCUT2D eigenvalue weighted by molar-refractivity contribution is 6.04. The predicted octanol–water partition coefficient (Wildman–Crippen LogP) is 2.66. The molecule has 1 aromatic carbocycles. The van der Waals surface area contributed by atoms with Crippen molar-refractivity contribution in [3.05, 3.63) is 46.8 Å². The Morgan fingerprint density at radius 3 is 2.55 bits per heavy atom. The maximum atomic E-state index is 12.4. The summed E-state index contributed by atoms with van der Waals surface area (Å²) in [6.07, 6.45) is 1.84. The van der Waals surface area contributed by atoms with Gasteiger partial charge in [-0.2, -0.15) is 5.10 Å². The molecule has 1 heterocycles. The number of aryl methyl sites for hydroxylation is 2. The fourth-order valence-corrected chi connectivity index (χ4v) is 2.48. The lowest BCUT2D eigenvalue weighted by Gasteiger charge is -2.07. The Labute approximate surface area is 131 Å². The maximum absolute atomic E-state index is 12.4. The number of nitrogens with one attached hydrogen (secondary N) is 1. The first-order chi connectivity index (χ1) is 10.6. The molecular weight excluding hydrogens is 276 g/mol. The second-order valence-electron chi connectivity index (χ2n) is 5.46. The van der Waals surface area contributed by atoms with Crippen LogP contribution in [0.3, 0.4) is 0 Å². The van der Waals surface area contributed by atoms with Crippen LogP contribution < -0.4 is 11.1 Å². The van der Waals surface area contributed by atoms with Crippen LogP contribution in [-0.2, 0) is 13.0 Å². The van der Waals surface area contributed by atoms with Crippen molar-refractivity contribution in [2.75, 3.05) is 11.9 Å². The van der Waals surface area contributed by atoms with E-state index >= 15 is 0 Å². The summed E-state index contributed by atoms with van der Waals surface area (Å²) in [6, 6.07) is 7.56. The SMILES string of the molecule is CCCn1nc(C)c(NC(=O)c2ccc(CCN)cc2)c1C. The molecule has 2 rings (SSSR count). The van der Waals surface area contributed by atoms with Gasteiger partial charge in [-0.1, -0.05) is 19.1 Å². The van der Waals surface area contributed by atoms with E-state index in [2.05, 4.69) is 17.3 Å². The Morgan fingerprint density at radius 2 is 1.95 bits per heavy atom. The molecule has 0 aliphatic rings. The molecule has 5 heteroatoms. The van der Waals surface area contributed by atoms with Crippen molar-refractivity contribution in [2.24, 2.45) is 5.73 Å². The highest BCUT2D eigenvalue weighted by Crippen LogP contribution is 2.20. The minimum absolute atomic E-state index is 0.110. The van der Waals surface area contributed by atoms with E-state index in [1.54, 1.807) is 0 Å². The largest absolute Gasteiger partial charge is 0.330 e. The van der Waals surface area contributed by atoms with Crippen molar-refractivity contribution >= 4 is 11.6 Å². The van der Waals surface area contributed by atoms with Crippen molar-refractivity contribution in [1.29, 1.82) is 0 Å². The zero-order chi connectivity index (χ0) is 16.1. The summed E-state index contributed by atoms with van der Waals surface area (Å²) in [6.45, 7) is 7.48. The van der Waals surface area contributed by atoms with E-state index in [0.717, 1.165) is 42.0 Å². The molecule has 0 bridgehead atoms. The van der Waals surface area contributed by atoms with E-state index in [4.69, 9.17) is 5.73 Å². The van der Waals surface area contributed by atoms with Gasteiger partial charge in [-0.3, -0.25) is 9.48 Å². The molecule has 1 aromatic heterocycles. The van der Waals surface area contributed by atoms with E-state index in [1.165, 1.54) is 0 Å². The smallest absolute Gasteiger partial charge is 0.255 e. The monoisotopic (exact) mass is 300 g/mol. The highest BCUT2D eigenvalue weighted by atomic mass is 16.1. The van der Waals surface area contributed by atoms with Gasteiger partial charge in [-0.05, 0) is 50.9 Å². The lowest BCUT2D eigenvalue weighted by Crippen LogP contribution is -2.13. The fraction of sp³-hybridized carbons (Fsp3) is 0.412. The number of hydrogen-bond acceptors (Lipinski definition) is 3. The lowest BCUT2D eigenvalue weighted by atomic mass is 10.1. The van der Waals surface area contributed by atoms with Crippen LogP contribution in [0.2, 0.25) is 0 Å². The molecule has 0 fully saturated rings. The highest BCUT2D eigenvalue weighted by Gasteiger charge is 2.14. The van der Waals surface area contributed by atoms with Crippen molar-refractivity contribution in [3.63, 3.8) is 0 Å². The number of amides is 1. The number of hydrogen-bond donors (Lipinski definition) is 2. The number of aromatic nitrogens is 2. The van der Waals surface area contributed by atoms with Crippen LogP contribution >= 0.6 is 0 Å². The molecule has 0 aliphatic heterocycles. The molecular formula is C17H24N4O. The number of nitrogens with zero attached hydrogens (tertiary/aromatic N) is 2. The van der Waals surface area contributed by atoms with E-state index in [9.17, 15) is 4.79 Å². The first-order valence-electron chi connectivity index (χ1n) is 7.71.